The Morgan fingerprint density at radius 1 is 0.981 bits per heavy atom. The number of nitrogens with zero attached hydrogens (tertiary/aromatic N) is 4. The summed E-state index contributed by atoms with van der Waals surface area (Å²) in [6.45, 7) is 8.06. The van der Waals surface area contributed by atoms with Crippen molar-refractivity contribution in [2.75, 3.05) is 78.8 Å². The highest BCUT2D eigenvalue weighted by Gasteiger charge is 2.42. The van der Waals surface area contributed by atoms with Gasteiger partial charge in [0.1, 0.15) is 5.82 Å². The van der Waals surface area contributed by atoms with E-state index in [0.717, 1.165) is 74.4 Å². The standard InChI is InChI=1S/C38H48FN5O5.CH4O3S/c1-5-49-23-22-44-32-9-7-6-8-31(32)41-37(44)40-30-14-18-42(19-15-30)20-16-38(28-10-12-29(39)13-11-28)17-21-43(26-38)36(45)27-24-33(46-2)35(48-4)34(25-27)47-3;1-5(2,3)4/h6-13,24-25,30H,5,14-23,26H2,1-4H3,(H,40,41);1H3,(H,2,3,4). The molecule has 1 amide bonds. The van der Waals surface area contributed by atoms with Gasteiger partial charge in [-0.05, 0) is 81.1 Å². The van der Waals surface area contributed by atoms with E-state index in [-0.39, 0.29) is 17.1 Å². The molecule has 13 nitrogen and oxygen atoms in total. The Bertz CT molecular complexity index is 1930. The first-order valence-electron chi connectivity index (χ1n) is 18.2. The largest absolute Gasteiger partial charge is 0.493 e. The number of methoxy groups -OCH3 is 3. The number of anilines is 1. The smallest absolute Gasteiger partial charge is 0.261 e. The number of aromatic nitrogens is 2. The van der Waals surface area contributed by atoms with Crippen LogP contribution in [0.2, 0.25) is 0 Å². The Kier molecular flexibility index (Phi) is 13.8. The molecule has 2 aliphatic heterocycles. The van der Waals surface area contributed by atoms with Gasteiger partial charge in [0.05, 0.1) is 45.2 Å². The molecule has 1 atom stereocenters. The van der Waals surface area contributed by atoms with Crippen LogP contribution >= 0.6 is 0 Å². The van der Waals surface area contributed by atoms with Crippen molar-refractivity contribution in [2.45, 2.75) is 50.6 Å². The molecule has 2 fully saturated rings. The number of amides is 1. The average Bonchev–Trinajstić information content (AvgIpc) is 3.75. The fourth-order valence-corrected chi connectivity index (χ4v) is 7.39. The Morgan fingerprint density at radius 2 is 1.63 bits per heavy atom. The quantitative estimate of drug-likeness (QED) is 0.124. The number of likely N-dealkylation sites (tertiary alicyclic amines) is 2. The molecule has 0 saturated carbocycles. The van der Waals surface area contributed by atoms with Crippen molar-refractivity contribution in [2.24, 2.45) is 0 Å². The van der Waals surface area contributed by atoms with Crippen molar-refractivity contribution in [1.29, 1.82) is 0 Å². The van der Waals surface area contributed by atoms with E-state index in [4.69, 9.17) is 28.5 Å². The summed E-state index contributed by atoms with van der Waals surface area (Å²) >= 11 is 0. The summed E-state index contributed by atoms with van der Waals surface area (Å²) in [6.07, 6.45) is 4.38. The third-order valence-electron chi connectivity index (χ3n) is 10.2. The lowest BCUT2D eigenvalue weighted by molar-refractivity contribution is 0.0779. The first-order chi connectivity index (χ1) is 25.9. The summed E-state index contributed by atoms with van der Waals surface area (Å²) < 4.78 is 64.3. The van der Waals surface area contributed by atoms with Gasteiger partial charge in [-0.15, -0.1) is 0 Å². The van der Waals surface area contributed by atoms with Crippen molar-refractivity contribution in [3.05, 3.63) is 77.6 Å². The lowest BCUT2D eigenvalue weighted by Crippen LogP contribution is -2.42. The number of imidazole rings is 1. The van der Waals surface area contributed by atoms with Crippen molar-refractivity contribution >= 4 is 33.0 Å². The van der Waals surface area contributed by atoms with E-state index in [1.807, 2.05) is 30.0 Å². The summed E-state index contributed by atoms with van der Waals surface area (Å²) in [5, 5.41) is 3.74. The van der Waals surface area contributed by atoms with Gasteiger partial charge < -0.3 is 38.6 Å². The number of benzene rings is 3. The second-order valence-electron chi connectivity index (χ2n) is 13.7. The normalized spacial score (nSPS) is 17.9. The molecular formula is C39H52FN5O8S. The first-order valence-corrected chi connectivity index (χ1v) is 20.0. The van der Waals surface area contributed by atoms with E-state index in [9.17, 15) is 17.6 Å². The molecular weight excluding hydrogens is 718 g/mol. The van der Waals surface area contributed by atoms with Crippen LogP contribution in [-0.2, 0) is 26.8 Å². The van der Waals surface area contributed by atoms with Gasteiger partial charge in [-0.1, -0.05) is 24.3 Å². The van der Waals surface area contributed by atoms with E-state index >= 15 is 0 Å². The van der Waals surface area contributed by atoms with E-state index in [2.05, 4.69) is 33.0 Å². The van der Waals surface area contributed by atoms with Gasteiger partial charge in [0.15, 0.2) is 11.5 Å². The van der Waals surface area contributed by atoms with Gasteiger partial charge in [-0.2, -0.15) is 8.42 Å². The van der Waals surface area contributed by atoms with Crippen molar-refractivity contribution in [3.63, 3.8) is 0 Å². The van der Waals surface area contributed by atoms with Crippen LogP contribution in [0.1, 0.15) is 48.5 Å². The highest BCUT2D eigenvalue weighted by Crippen LogP contribution is 2.41. The number of halogens is 1. The third-order valence-corrected chi connectivity index (χ3v) is 10.2. The van der Waals surface area contributed by atoms with E-state index in [1.54, 1.807) is 33.5 Å². The van der Waals surface area contributed by atoms with Gasteiger partial charge in [0.25, 0.3) is 16.0 Å². The molecule has 0 radical (unpaired) electrons. The van der Waals surface area contributed by atoms with Crippen LogP contribution in [0.3, 0.4) is 0 Å². The summed E-state index contributed by atoms with van der Waals surface area (Å²) in [5.41, 5.74) is 3.36. The molecule has 1 unspecified atom stereocenters. The van der Waals surface area contributed by atoms with Crippen LogP contribution in [0.25, 0.3) is 11.0 Å². The minimum Gasteiger partial charge on any atom is -0.493 e. The zero-order chi connectivity index (χ0) is 38.9. The maximum Gasteiger partial charge on any atom is 0.261 e. The number of fused-ring (bicyclic) bond motifs is 1. The lowest BCUT2D eigenvalue weighted by atomic mass is 9.76. The van der Waals surface area contributed by atoms with Crippen LogP contribution in [-0.4, -0.2) is 118 Å². The topological polar surface area (TPSA) is 145 Å². The zero-order valence-corrected chi connectivity index (χ0v) is 32.5. The Morgan fingerprint density at radius 3 is 2.24 bits per heavy atom. The van der Waals surface area contributed by atoms with Gasteiger partial charge in [-0.25, -0.2) is 9.37 Å². The Labute approximate surface area is 317 Å². The summed E-state index contributed by atoms with van der Waals surface area (Å²) in [7, 11) is 0.960. The van der Waals surface area contributed by atoms with Crippen LogP contribution in [0, 0.1) is 5.82 Å². The number of carbonyl (C=O) groups excluding carboxylic acids is 1. The van der Waals surface area contributed by atoms with Crippen LogP contribution in [0.5, 0.6) is 17.2 Å². The van der Waals surface area contributed by atoms with Crippen LogP contribution in [0.15, 0.2) is 60.7 Å². The molecule has 6 rings (SSSR count). The van der Waals surface area contributed by atoms with Crippen LogP contribution < -0.4 is 19.5 Å². The maximum atomic E-state index is 14.0. The Hall–Kier alpha value is -4.44. The Balaban J connectivity index is 0.00000105. The number of hydrogen-bond donors (Lipinski definition) is 2. The highest BCUT2D eigenvalue weighted by molar-refractivity contribution is 7.85. The third kappa shape index (κ3) is 10.2. The van der Waals surface area contributed by atoms with E-state index in [0.29, 0.717) is 61.4 Å². The van der Waals surface area contributed by atoms with Crippen molar-refractivity contribution in [3.8, 4) is 17.2 Å². The molecule has 3 aromatic carbocycles. The summed E-state index contributed by atoms with van der Waals surface area (Å²) in [4.78, 5) is 23.2. The highest BCUT2D eigenvalue weighted by atomic mass is 32.2. The fraction of sp³-hybridized carbons (Fsp3) is 0.487. The fourth-order valence-electron chi connectivity index (χ4n) is 7.39. The average molecular weight is 770 g/mol. The molecule has 2 N–H and O–H groups in total. The number of piperidine rings is 1. The predicted molar refractivity (Wildman–Crippen MR) is 206 cm³/mol. The number of nitrogens with one attached hydrogen (secondary N) is 1. The molecule has 4 aromatic rings. The molecule has 2 aliphatic rings. The zero-order valence-electron chi connectivity index (χ0n) is 31.7. The van der Waals surface area contributed by atoms with E-state index < -0.39 is 10.1 Å². The molecule has 294 valence electrons. The monoisotopic (exact) mass is 769 g/mol. The molecule has 54 heavy (non-hydrogen) atoms. The summed E-state index contributed by atoms with van der Waals surface area (Å²) in [6, 6.07) is 18.8. The van der Waals surface area contributed by atoms with Gasteiger partial charge in [0.2, 0.25) is 11.7 Å². The molecule has 2 saturated heterocycles. The minimum atomic E-state index is -3.67. The number of carbonyl (C=O) groups is 1. The van der Waals surface area contributed by atoms with Gasteiger partial charge in [-0.3, -0.25) is 9.35 Å². The van der Waals surface area contributed by atoms with E-state index in [1.165, 1.54) is 12.1 Å². The van der Waals surface area contributed by atoms with Gasteiger partial charge in [0, 0.05) is 56.4 Å². The predicted octanol–water partition coefficient (Wildman–Crippen LogP) is 5.49. The molecule has 3 heterocycles. The first kappa shape index (κ1) is 40.7. The van der Waals surface area contributed by atoms with Crippen molar-refractivity contribution < 1.29 is 41.1 Å². The molecule has 0 aliphatic carbocycles. The van der Waals surface area contributed by atoms with Crippen molar-refractivity contribution in [1.82, 2.24) is 19.4 Å². The number of hydrogen-bond acceptors (Lipinski definition) is 10. The number of ether oxygens (including phenoxy) is 4. The molecule has 1 aromatic heterocycles. The lowest BCUT2D eigenvalue weighted by Gasteiger charge is -2.36. The maximum absolute atomic E-state index is 14.0. The SMILES string of the molecule is CCOCCn1c(NC2CCN(CCC3(c4ccc(F)cc4)CCN(C(=O)c4cc(OC)c(OC)c(OC)c4)C3)CC2)nc2ccccc21.CS(=O)(=O)O. The second kappa shape index (κ2) is 18.3. The molecule has 0 spiro atoms. The number of rotatable bonds is 14. The van der Waals surface area contributed by atoms with Crippen LogP contribution in [0.4, 0.5) is 10.3 Å². The van der Waals surface area contributed by atoms with Gasteiger partial charge >= 0.3 is 0 Å². The number of para-hydroxylation sites is 2. The molecule has 15 heteroatoms. The minimum absolute atomic E-state index is 0.0950. The summed E-state index contributed by atoms with van der Waals surface area (Å²) in [5.74, 6) is 1.87. The second-order valence-corrected chi connectivity index (χ2v) is 15.2. The molecule has 0 bridgehead atoms.